The smallest absolute Gasteiger partial charge is 0.256 e. The highest BCUT2D eigenvalue weighted by Crippen LogP contribution is 2.34. The fraction of sp³-hybridized carbons (Fsp3) is 0.412. The Balaban J connectivity index is 1.57. The molecule has 6 heteroatoms. The minimum atomic E-state index is -0.164. The van der Waals surface area contributed by atoms with Crippen molar-refractivity contribution >= 4 is 11.7 Å². The molecule has 2 heterocycles. The largest absolute Gasteiger partial charge is 0.454 e. The first-order valence-corrected chi connectivity index (χ1v) is 7.98. The van der Waals surface area contributed by atoms with Crippen molar-refractivity contribution in [3.8, 4) is 11.5 Å². The maximum Gasteiger partial charge on any atom is 0.256 e. The summed E-state index contributed by atoms with van der Waals surface area (Å²) < 4.78 is 12.6. The molecule has 0 spiro atoms. The van der Waals surface area contributed by atoms with Crippen LogP contribution in [0.2, 0.25) is 0 Å². The molecular weight excluding hydrogens is 294 g/mol. The Kier molecular flexibility index (Phi) is 3.44. The first-order chi connectivity index (χ1) is 11.2. The van der Waals surface area contributed by atoms with Crippen LogP contribution in [0.3, 0.4) is 0 Å². The molecule has 1 aromatic heterocycles. The van der Waals surface area contributed by atoms with Crippen molar-refractivity contribution in [2.75, 3.05) is 12.1 Å². The van der Waals surface area contributed by atoms with E-state index in [2.05, 4.69) is 10.4 Å². The molecule has 4 rings (SSSR count). The van der Waals surface area contributed by atoms with Crippen molar-refractivity contribution in [2.24, 2.45) is 0 Å². The Labute approximate surface area is 134 Å². The highest BCUT2D eigenvalue weighted by molar-refractivity contribution is 6.04. The van der Waals surface area contributed by atoms with Crippen molar-refractivity contribution in [3.63, 3.8) is 0 Å². The van der Waals surface area contributed by atoms with E-state index in [1.807, 2.05) is 17.7 Å². The van der Waals surface area contributed by atoms with E-state index in [0.29, 0.717) is 23.1 Å². The summed E-state index contributed by atoms with van der Waals surface area (Å²) in [4.78, 5) is 12.5. The summed E-state index contributed by atoms with van der Waals surface area (Å²) >= 11 is 0. The quantitative estimate of drug-likeness (QED) is 0.944. The number of carbonyl (C=O) groups excluding carboxylic acids is 1. The van der Waals surface area contributed by atoms with Crippen LogP contribution in [-0.4, -0.2) is 22.5 Å². The molecule has 2 aromatic rings. The van der Waals surface area contributed by atoms with Crippen LogP contribution in [-0.2, 0) is 0 Å². The molecule has 1 N–H and O–H groups in total. The van der Waals surface area contributed by atoms with Gasteiger partial charge in [0.25, 0.3) is 5.91 Å². The first kappa shape index (κ1) is 14.1. The Morgan fingerprint density at radius 1 is 1.22 bits per heavy atom. The lowest BCUT2D eigenvalue weighted by atomic mass is 10.2. The van der Waals surface area contributed by atoms with Crippen molar-refractivity contribution in [1.82, 2.24) is 9.78 Å². The fourth-order valence-electron chi connectivity index (χ4n) is 3.26. The average molecular weight is 313 g/mol. The zero-order valence-corrected chi connectivity index (χ0v) is 13.0. The Hall–Kier alpha value is -2.50. The van der Waals surface area contributed by atoms with Crippen LogP contribution in [0.5, 0.6) is 11.5 Å². The van der Waals surface area contributed by atoms with Crippen LogP contribution in [0.1, 0.15) is 47.8 Å². The number of aryl methyl sites for hydroxylation is 1. The van der Waals surface area contributed by atoms with Crippen LogP contribution in [0, 0.1) is 6.92 Å². The van der Waals surface area contributed by atoms with Gasteiger partial charge in [-0.1, -0.05) is 12.8 Å². The molecule has 1 fully saturated rings. The number of amides is 1. The van der Waals surface area contributed by atoms with E-state index in [1.54, 1.807) is 18.2 Å². The second kappa shape index (κ2) is 5.61. The first-order valence-electron chi connectivity index (χ1n) is 7.98. The molecule has 0 radical (unpaired) electrons. The number of ether oxygens (including phenoxy) is 2. The van der Waals surface area contributed by atoms with Gasteiger partial charge in [-0.25, -0.2) is 4.68 Å². The number of nitrogens with zero attached hydrogens (tertiary/aromatic N) is 2. The Bertz CT molecular complexity index is 748. The molecule has 1 aromatic carbocycles. The highest BCUT2D eigenvalue weighted by atomic mass is 16.7. The number of aromatic nitrogens is 2. The van der Waals surface area contributed by atoms with E-state index < -0.39 is 0 Å². The Morgan fingerprint density at radius 3 is 2.83 bits per heavy atom. The van der Waals surface area contributed by atoms with Crippen molar-refractivity contribution in [3.05, 3.63) is 35.5 Å². The molecule has 2 aliphatic rings. The molecule has 6 nitrogen and oxygen atoms in total. The lowest BCUT2D eigenvalue weighted by Crippen LogP contribution is -2.17. The van der Waals surface area contributed by atoms with Gasteiger partial charge in [0.05, 0.1) is 11.7 Å². The van der Waals surface area contributed by atoms with Gasteiger partial charge in [0, 0.05) is 11.6 Å². The van der Waals surface area contributed by atoms with Crippen molar-refractivity contribution < 1.29 is 14.3 Å². The number of carbonyl (C=O) groups is 1. The SMILES string of the molecule is Cc1cc(NC(=O)c2ccc3c(c2)OCO3)n(C2CCCC2)n1. The van der Waals surface area contributed by atoms with E-state index in [-0.39, 0.29) is 12.7 Å². The molecule has 1 aliphatic heterocycles. The van der Waals surface area contributed by atoms with Crippen LogP contribution in [0.15, 0.2) is 24.3 Å². The van der Waals surface area contributed by atoms with E-state index in [9.17, 15) is 4.79 Å². The molecule has 1 amide bonds. The van der Waals surface area contributed by atoms with Crippen LogP contribution < -0.4 is 14.8 Å². The molecular formula is C17H19N3O3. The molecule has 1 saturated carbocycles. The molecule has 23 heavy (non-hydrogen) atoms. The predicted molar refractivity (Wildman–Crippen MR) is 85.0 cm³/mol. The molecule has 0 unspecified atom stereocenters. The van der Waals surface area contributed by atoms with Crippen LogP contribution >= 0.6 is 0 Å². The third-order valence-electron chi connectivity index (χ3n) is 4.40. The van der Waals surface area contributed by atoms with E-state index in [1.165, 1.54) is 12.8 Å². The van der Waals surface area contributed by atoms with E-state index >= 15 is 0 Å². The number of fused-ring (bicyclic) bond motifs is 1. The summed E-state index contributed by atoms with van der Waals surface area (Å²) in [6.45, 7) is 2.15. The maximum atomic E-state index is 12.5. The zero-order chi connectivity index (χ0) is 15.8. The third kappa shape index (κ3) is 2.65. The second-order valence-corrected chi connectivity index (χ2v) is 6.08. The molecule has 0 bridgehead atoms. The van der Waals surface area contributed by atoms with Crippen LogP contribution in [0.4, 0.5) is 5.82 Å². The number of nitrogens with one attached hydrogen (secondary N) is 1. The van der Waals surface area contributed by atoms with Gasteiger partial charge in [0.2, 0.25) is 6.79 Å². The van der Waals surface area contributed by atoms with Gasteiger partial charge in [-0.05, 0) is 38.0 Å². The van der Waals surface area contributed by atoms with Crippen LogP contribution in [0.25, 0.3) is 0 Å². The molecule has 120 valence electrons. The standard InChI is InChI=1S/C17H19N3O3/c1-11-8-16(20(19-11)13-4-2-3-5-13)18-17(21)12-6-7-14-15(9-12)23-10-22-14/h6-9,13H,2-5,10H2,1H3,(H,18,21). The zero-order valence-electron chi connectivity index (χ0n) is 13.0. The minimum absolute atomic E-state index is 0.164. The average Bonchev–Trinajstić information content (AvgIpc) is 3.26. The second-order valence-electron chi connectivity index (χ2n) is 6.08. The van der Waals surface area contributed by atoms with E-state index in [4.69, 9.17) is 9.47 Å². The summed E-state index contributed by atoms with van der Waals surface area (Å²) in [5.41, 5.74) is 1.46. The predicted octanol–water partition coefficient (Wildman–Crippen LogP) is 3.29. The molecule has 0 saturated heterocycles. The minimum Gasteiger partial charge on any atom is -0.454 e. The van der Waals surface area contributed by atoms with E-state index in [0.717, 1.165) is 24.4 Å². The van der Waals surface area contributed by atoms with Crippen molar-refractivity contribution in [1.29, 1.82) is 0 Å². The fourth-order valence-corrected chi connectivity index (χ4v) is 3.26. The Morgan fingerprint density at radius 2 is 2.00 bits per heavy atom. The summed E-state index contributed by atoms with van der Waals surface area (Å²) in [6, 6.07) is 7.52. The number of benzene rings is 1. The summed E-state index contributed by atoms with van der Waals surface area (Å²) in [5, 5.41) is 7.54. The number of hydrogen-bond donors (Lipinski definition) is 1. The normalized spacial score (nSPS) is 16.7. The lowest BCUT2D eigenvalue weighted by molar-refractivity contribution is 0.102. The van der Waals surface area contributed by atoms with Gasteiger partial charge in [0.1, 0.15) is 5.82 Å². The maximum absolute atomic E-state index is 12.5. The van der Waals surface area contributed by atoms with Gasteiger partial charge in [0.15, 0.2) is 11.5 Å². The number of rotatable bonds is 3. The summed E-state index contributed by atoms with van der Waals surface area (Å²) in [5.74, 6) is 1.88. The number of anilines is 1. The summed E-state index contributed by atoms with van der Waals surface area (Å²) in [7, 11) is 0. The topological polar surface area (TPSA) is 65.4 Å². The molecule has 0 atom stereocenters. The van der Waals surface area contributed by atoms with Gasteiger partial charge in [-0.3, -0.25) is 4.79 Å². The monoisotopic (exact) mass is 313 g/mol. The van der Waals surface area contributed by atoms with Gasteiger partial charge in [-0.2, -0.15) is 5.10 Å². The highest BCUT2D eigenvalue weighted by Gasteiger charge is 2.22. The molecule has 1 aliphatic carbocycles. The summed E-state index contributed by atoms with van der Waals surface area (Å²) in [6.07, 6.45) is 4.68. The van der Waals surface area contributed by atoms with Gasteiger partial charge in [-0.15, -0.1) is 0 Å². The lowest BCUT2D eigenvalue weighted by Gasteiger charge is -2.14. The van der Waals surface area contributed by atoms with Gasteiger partial charge >= 0.3 is 0 Å². The van der Waals surface area contributed by atoms with Gasteiger partial charge < -0.3 is 14.8 Å². The third-order valence-corrected chi connectivity index (χ3v) is 4.40. The number of hydrogen-bond acceptors (Lipinski definition) is 4. The van der Waals surface area contributed by atoms with Crippen molar-refractivity contribution in [2.45, 2.75) is 38.6 Å².